The molecule has 0 saturated carbocycles. The van der Waals surface area contributed by atoms with Crippen LogP contribution in [0.1, 0.15) is 5.56 Å². The highest BCUT2D eigenvalue weighted by molar-refractivity contribution is 6.32. The van der Waals surface area contributed by atoms with Crippen molar-refractivity contribution in [1.82, 2.24) is 0 Å². The number of alkyl halides is 3. The number of nitro benzene ring substituents is 1. The maximum atomic E-state index is 11.9. The minimum Gasteiger partial charge on any atom is -0.405 e. The van der Waals surface area contributed by atoms with Crippen molar-refractivity contribution in [3.05, 3.63) is 32.8 Å². The van der Waals surface area contributed by atoms with E-state index in [0.717, 1.165) is 19.1 Å². The number of hydrogen-bond acceptors (Lipinski definition) is 3. The Morgan fingerprint density at radius 1 is 1.44 bits per heavy atom. The Kier molecular flexibility index (Phi) is 3.27. The van der Waals surface area contributed by atoms with Crippen molar-refractivity contribution in [3.63, 3.8) is 0 Å². The van der Waals surface area contributed by atoms with E-state index >= 15 is 0 Å². The summed E-state index contributed by atoms with van der Waals surface area (Å²) in [4.78, 5) is 9.68. The van der Waals surface area contributed by atoms with Crippen molar-refractivity contribution in [1.29, 1.82) is 0 Å². The van der Waals surface area contributed by atoms with Gasteiger partial charge in [0.2, 0.25) is 0 Å². The van der Waals surface area contributed by atoms with E-state index in [1.165, 1.54) is 0 Å². The highest BCUT2D eigenvalue weighted by atomic mass is 35.5. The molecule has 0 radical (unpaired) electrons. The molecular formula is C8H5ClF3NO3. The van der Waals surface area contributed by atoms with Crippen LogP contribution in [0, 0.1) is 17.0 Å². The van der Waals surface area contributed by atoms with Crippen LogP contribution < -0.4 is 4.74 Å². The van der Waals surface area contributed by atoms with E-state index in [4.69, 9.17) is 11.6 Å². The Hall–Kier alpha value is -1.50. The molecule has 0 atom stereocenters. The van der Waals surface area contributed by atoms with Crippen LogP contribution in [-0.4, -0.2) is 11.3 Å². The summed E-state index contributed by atoms with van der Waals surface area (Å²) in [5, 5.41) is 10.3. The molecule has 0 aromatic heterocycles. The second-order valence-corrected chi connectivity index (χ2v) is 3.23. The van der Waals surface area contributed by atoms with Gasteiger partial charge in [-0.3, -0.25) is 10.1 Å². The summed E-state index contributed by atoms with van der Waals surface area (Å²) in [6.07, 6.45) is -4.90. The van der Waals surface area contributed by atoms with Gasteiger partial charge in [-0.2, -0.15) is 0 Å². The van der Waals surface area contributed by atoms with Crippen LogP contribution in [0.2, 0.25) is 5.02 Å². The number of ether oxygens (including phenoxy) is 1. The average Bonchev–Trinajstić information content (AvgIpc) is 2.07. The molecule has 0 fully saturated rings. The maximum Gasteiger partial charge on any atom is 0.573 e. The van der Waals surface area contributed by atoms with Gasteiger partial charge in [0, 0.05) is 0 Å². The molecule has 8 heteroatoms. The maximum absolute atomic E-state index is 11.9. The predicted molar refractivity (Wildman–Crippen MR) is 49.5 cm³/mol. The first-order valence-electron chi connectivity index (χ1n) is 3.91. The standard InChI is InChI=1S/C8H5ClF3NO3/c1-4-6(16-8(10,11)12)3-2-5(9)7(4)13(14)15/h2-3H,1H3. The monoisotopic (exact) mass is 255 g/mol. The molecule has 0 amide bonds. The van der Waals surface area contributed by atoms with E-state index in [-0.39, 0.29) is 10.6 Å². The van der Waals surface area contributed by atoms with E-state index in [2.05, 4.69) is 4.74 Å². The van der Waals surface area contributed by atoms with Gasteiger partial charge in [-0.15, -0.1) is 13.2 Å². The van der Waals surface area contributed by atoms with Crippen LogP contribution in [0.15, 0.2) is 12.1 Å². The second-order valence-electron chi connectivity index (χ2n) is 2.82. The summed E-state index contributed by atoms with van der Waals surface area (Å²) >= 11 is 5.49. The molecule has 0 bridgehead atoms. The minimum atomic E-state index is -4.90. The Morgan fingerprint density at radius 3 is 2.44 bits per heavy atom. The van der Waals surface area contributed by atoms with Crippen molar-refractivity contribution in [2.45, 2.75) is 13.3 Å². The summed E-state index contributed by atoms with van der Waals surface area (Å²) < 4.78 is 39.4. The Balaban J connectivity index is 3.24. The topological polar surface area (TPSA) is 52.4 Å². The number of nitrogens with zero attached hydrogens (tertiary/aromatic N) is 1. The summed E-state index contributed by atoms with van der Waals surface area (Å²) in [5.74, 6) is -0.636. The van der Waals surface area contributed by atoms with Gasteiger partial charge >= 0.3 is 6.36 Å². The zero-order valence-corrected chi connectivity index (χ0v) is 8.59. The second kappa shape index (κ2) is 4.17. The summed E-state index contributed by atoms with van der Waals surface area (Å²) in [6, 6.07) is 1.91. The van der Waals surface area contributed by atoms with Gasteiger partial charge in [-0.25, -0.2) is 0 Å². The Morgan fingerprint density at radius 2 is 2.00 bits per heavy atom. The number of benzene rings is 1. The highest BCUT2D eigenvalue weighted by Crippen LogP contribution is 2.36. The Labute approximate surface area is 92.7 Å². The van der Waals surface area contributed by atoms with Crippen LogP contribution in [0.3, 0.4) is 0 Å². The molecule has 0 aliphatic rings. The third-order valence-electron chi connectivity index (χ3n) is 1.74. The molecular weight excluding hydrogens is 251 g/mol. The third kappa shape index (κ3) is 2.75. The zero-order chi connectivity index (χ0) is 12.5. The van der Waals surface area contributed by atoms with Gasteiger partial charge in [0.1, 0.15) is 10.8 Å². The molecule has 4 nitrogen and oxygen atoms in total. The number of nitro groups is 1. The zero-order valence-electron chi connectivity index (χ0n) is 7.84. The lowest BCUT2D eigenvalue weighted by atomic mass is 10.2. The number of rotatable bonds is 2. The quantitative estimate of drug-likeness (QED) is 0.601. The molecule has 88 valence electrons. The fourth-order valence-corrected chi connectivity index (χ4v) is 1.38. The fourth-order valence-electron chi connectivity index (χ4n) is 1.11. The van der Waals surface area contributed by atoms with E-state index in [0.29, 0.717) is 0 Å². The van der Waals surface area contributed by atoms with Crippen molar-refractivity contribution in [3.8, 4) is 5.75 Å². The van der Waals surface area contributed by atoms with Crippen LogP contribution >= 0.6 is 11.6 Å². The molecule has 0 aliphatic carbocycles. The van der Waals surface area contributed by atoms with E-state index in [1.54, 1.807) is 0 Å². The smallest absolute Gasteiger partial charge is 0.405 e. The van der Waals surface area contributed by atoms with Crippen LogP contribution in [0.25, 0.3) is 0 Å². The lowest BCUT2D eigenvalue weighted by Gasteiger charge is -2.11. The van der Waals surface area contributed by atoms with Gasteiger partial charge in [-0.05, 0) is 19.1 Å². The molecule has 0 heterocycles. The number of halogens is 4. The largest absolute Gasteiger partial charge is 0.573 e. The number of hydrogen-bond donors (Lipinski definition) is 0. The predicted octanol–water partition coefficient (Wildman–Crippen LogP) is 3.46. The molecule has 0 spiro atoms. The van der Waals surface area contributed by atoms with Gasteiger partial charge in [-0.1, -0.05) is 11.6 Å². The molecule has 0 unspecified atom stereocenters. The summed E-state index contributed by atoms with van der Waals surface area (Å²) in [5.41, 5.74) is -0.863. The molecule has 16 heavy (non-hydrogen) atoms. The van der Waals surface area contributed by atoms with Crippen molar-refractivity contribution >= 4 is 17.3 Å². The van der Waals surface area contributed by atoms with Gasteiger partial charge < -0.3 is 4.74 Å². The highest BCUT2D eigenvalue weighted by Gasteiger charge is 2.33. The van der Waals surface area contributed by atoms with Crippen molar-refractivity contribution < 1.29 is 22.8 Å². The van der Waals surface area contributed by atoms with Crippen LogP contribution in [0.4, 0.5) is 18.9 Å². The van der Waals surface area contributed by atoms with Crippen LogP contribution in [-0.2, 0) is 0 Å². The third-order valence-corrected chi connectivity index (χ3v) is 2.05. The molecule has 1 aromatic carbocycles. The van der Waals surface area contributed by atoms with Crippen LogP contribution in [0.5, 0.6) is 5.75 Å². The average molecular weight is 256 g/mol. The fraction of sp³-hybridized carbons (Fsp3) is 0.250. The van der Waals surface area contributed by atoms with E-state index < -0.39 is 22.7 Å². The molecule has 0 aliphatic heterocycles. The molecule has 1 rings (SSSR count). The minimum absolute atomic E-state index is 0.239. The van der Waals surface area contributed by atoms with Crippen molar-refractivity contribution in [2.75, 3.05) is 0 Å². The normalized spacial score (nSPS) is 11.3. The molecule has 1 aromatic rings. The lowest BCUT2D eigenvalue weighted by molar-refractivity contribution is -0.385. The first-order valence-corrected chi connectivity index (χ1v) is 4.29. The molecule has 0 N–H and O–H groups in total. The Bertz CT molecular complexity index is 433. The summed E-state index contributed by atoms with van der Waals surface area (Å²) in [6.45, 7) is 1.13. The van der Waals surface area contributed by atoms with E-state index in [9.17, 15) is 23.3 Å². The lowest BCUT2D eigenvalue weighted by Crippen LogP contribution is -2.18. The molecule has 0 saturated heterocycles. The first kappa shape index (κ1) is 12.6. The van der Waals surface area contributed by atoms with Gasteiger partial charge in [0.05, 0.1) is 10.5 Å². The van der Waals surface area contributed by atoms with Gasteiger partial charge in [0.15, 0.2) is 0 Å². The van der Waals surface area contributed by atoms with Crippen molar-refractivity contribution in [2.24, 2.45) is 0 Å². The van der Waals surface area contributed by atoms with E-state index in [1.807, 2.05) is 0 Å². The summed E-state index contributed by atoms with van der Waals surface area (Å²) in [7, 11) is 0. The SMILES string of the molecule is Cc1c(OC(F)(F)F)ccc(Cl)c1[N+](=O)[O-]. The first-order chi connectivity index (χ1) is 7.22. The van der Waals surface area contributed by atoms with Gasteiger partial charge in [0.25, 0.3) is 5.69 Å².